The van der Waals surface area contributed by atoms with Crippen molar-refractivity contribution in [1.29, 1.82) is 0 Å². The van der Waals surface area contributed by atoms with E-state index >= 15 is 0 Å². The molecule has 3 aromatic rings. The van der Waals surface area contributed by atoms with Crippen LogP contribution in [0.25, 0.3) is 11.4 Å². The van der Waals surface area contributed by atoms with E-state index in [9.17, 15) is 4.79 Å². The summed E-state index contributed by atoms with van der Waals surface area (Å²) in [4.78, 5) is 17.5. The highest BCUT2D eigenvalue weighted by Gasteiger charge is 2.39. The lowest BCUT2D eigenvalue weighted by atomic mass is 9.80. The van der Waals surface area contributed by atoms with Gasteiger partial charge in [0.05, 0.1) is 23.8 Å². The van der Waals surface area contributed by atoms with Crippen molar-refractivity contribution in [3.8, 4) is 22.9 Å². The largest absolute Gasteiger partial charge is 0.493 e. The molecule has 9 nitrogen and oxygen atoms in total. The molecule has 0 saturated carbocycles. The number of carbonyl (C=O) groups is 1. The van der Waals surface area contributed by atoms with E-state index in [1.54, 1.807) is 7.11 Å². The summed E-state index contributed by atoms with van der Waals surface area (Å²) in [5.74, 6) is 1.75. The molecule has 200 valence electrons. The van der Waals surface area contributed by atoms with Gasteiger partial charge < -0.3 is 14.2 Å². The van der Waals surface area contributed by atoms with Crippen LogP contribution in [0.3, 0.4) is 0 Å². The van der Waals surface area contributed by atoms with Crippen LogP contribution >= 0.6 is 0 Å². The lowest BCUT2D eigenvalue weighted by Crippen LogP contribution is -2.30. The van der Waals surface area contributed by atoms with Gasteiger partial charge in [-0.05, 0) is 83.0 Å². The summed E-state index contributed by atoms with van der Waals surface area (Å²) in [7, 11) is 1.69. The van der Waals surface area contributed by atoms with Crippen molar-refractivity contribution in [2.75, 3.05) is 7.11 Å². The molecule has 0 spiro atoms. The van der Waals surface area contributed by atoms with Crippen LogP contribution in [0.15, 0.2) is 35.3 Å². The minimum absolute atomic E-state index is 0.0702. The first-order chi connectivity index (χ1) is 17.8. The third-order valence-corrected chi connectivity index (χ3v) is 6.76. The van der Waals surface area contributed by atoms with Gasteiger partial charge in [-0.1, -0.05) is 18.2 Å². The molecule has 1 aromatic heterocycles. The Kier molecular flexibility index (Phi) is 6.08. The summed E-state index contributed by atoms with van der Waals surface area (Å²) in [6.45, 7) is 13.8. The van der Waals surface area contributed by atoms with Crippen LogP contribution in [0.2, 0.25) is 0 Å². The molecule has 3 heterocycles. The van der Waals surface area contributed by atoms with E-state index < -0.39 is 5.41 Å². The molecule has 0 N–H and O–H groups in total. The second-order valence-corrected chi connectivity index (χ2v) is 12.3. The highest BCUT2D eigenvalue weighted by atomic mass is 16.5. The minimum atomic E-state index is -0.616. The Labute approximate surface area is 223 Å². The molecule has 0 saturated heterocycles. The molecule has 0 atom stereocenters. The summed E-state index contributed by atoms with van der Waals surface area (Å²) in [6.07, 6.45) is 1.56. The Balaban J connectivity index is 1.57. The SMILES string of the molecule is COc1cc2c(c3c1OC(C)(C)C3)C(c1cccc(-c3nnnn3COC(=O)C(C)(C)C)c1)=NC(C)(C)C2. The van der Waals surface area contributed by atoms with E-state index in [4.69, 9.17) is 19.2 Å². The summed E-state index contributed by atoms with van der Waals surface area (Å²) in [6, 6.07) is 10.1. The first-order valence-electron chi connectivity index (χ1n) is 12.8. The van der Waals surface area contributed by atoms with Gasteiger partial charge in [0.1, 0.15) is 5.60 Å². The predicted octanol–water partition coefficient (Wildman–Crippen LogP) is 4.78. The number of esters is 1. The van der Waals surface area contributed by atoms with Crippen molar-refractivity contribution in [2.24, 2.45) is 10.4 Å². The quantitative estimate of drug-likeness (QED) is 0.449. The molecular formula is C29H35N5O4. The van der Waals surface area contributed by atoms with Crippen LogP contribution in [-0.4, -0.2) is 50.1 Å². The third kappa shape index (κ3) is 4.77. The van der Waals surface area contributed by atoms with Crippen molar-refractivity contribution in [2.45, 2.75) is 79.2 Å². The number of aromatic nitrogens is 4. The Morgan fingerprint density at radius 3 is 2.55 bits per heavy atom. The van der Waals surface area contributed by atoms with Gasteiger partial charge in [0.15, 0.2) is 24.1 Å². The molecular weight excluding hydrogens is 482 g/mol. The van der Waals surface area contributed by atoms with Gasteiger partial charge in [0.2, 0.25) is 0 Å². The fourth-order valence-corrected chi connectivity index (χ4v) is 5.07. The van der Waals surface area contributed by atoms with Crippen molar-refractivity contribution in [1.82, 2.24) is 20.2 Å². The van der Waals surface area contributed by atoms with Gasteiger partial charge in [-0.2, -0.15) is 4.68 Å². The number of hydrogen-bond donors (Lipinski definition) is 0. The van der Waals surface area contributed by atoms with Crippen LogP contribution in [-0.2, 0) is 29.1 Å². The van der Waals surface area contributed by atoms with Gasteiger partial charge in [-0.15, -0.1) is 5.10 Å². The zero-order valence-electron chi connectivity index (χ0n) is 23.4. The number of benzene rings is 2. The second-order valence-electron chi connectivity index (χ2n) is 12.3. The fraction of sp³-hybridized carbons (Fsp3) is 0.483. The highest BCUT2D eigenvalue weighted by Crippen LogP contribution is 2.48. The zero-order chi connectivity index (χ0) is 27.5. The molecule has 5 rings (SSSR count). The van der Waals surface area contributed by atoms with Crippen molar-refractivity contribution in [3.05, 3.63) is 52.6 Å². The van der Waals surface area contributed by atoms with E-state index in [-0.39, 0.29) is 23.8 Å². The minimum Gasteiger partial charge on any atom is -0.493 e. The molecule has 38 heavy (non-hydrogen) atoms. The van der Waals surface area contributed by atoms with E-state index in [2.05, 4.69) is 55.4 Å². The molecule has 2 aromatic carbocycles. The van der Waals surface area contributed by atoms with Gasteiger partial charge in [-0.3, -0.25) is 9.79 Å². The van der Waals surface area contributed by atoms with E-state index in [1.807, 2.05) is 39.0 Å². The van der Waals surface area contributed by atoms with Crippen LogP contribution in [0.4, 0.5) is 0 Å². The Morgan fingerprint density at radius 2 is 1.84 bits per heavy atom. The second kappa shape index (κ2) is 8.92. The van der Waals surface area contributed by atoms with Crippen molar-refractivity contribution < 1.29 is 19.0 Å². The molecule has 0 unspecified atom stereocenters. The molecule has 0 aliphatic carbocycles. The van der Waals surface area contributed by atoms with Gasteiger partial charge >= 0.3 is 5.97 Å². The lowest BCUT2D eigenvalue weighted by Gasteiger charge is -2.31. The normalized spacial score (nSPS) is 17.2. The Morgan fingerprint density at radius 1 is 1.11 bits per heavy atom. The zero-order valence-corrected chi connectivity index (χ0v) is 23.4. The fourth-order valence-electron chi connectivity index (χ4n) is 5.07. The Bertz CT molecular complexity index is 1450. The molecule has 0 radical (unpaired) electrons. The number of hydrogen-bond acceptors (Lipinski definition) is 8. The number of aliphatic imine (C=N–C) groups is 1. The highest BCUT2D eigenvalue weighted by molar-refractivity contribution is 6.16. The van der Waals surface area contributed by atoms with Crippen LogP contribution < -0.4 is 9.47 Å². The number of methoxy groups -OCH3 is 1. The number of ether oxygens (including phenoxy) is 3. The molecule has 2 aliphatic heterocycles. The number of fused-ring (bicyclic) bond motifs is 3. The Hall–Kier alpha value is -3.75. The first kappa shape index (κ1) is 25.9. The third-order valence-electron chi connectivity index (χ3n) is 6.76. The van der Waals surface area contributed by atoms with Crippen LogP contribution in [0.1, 0.15) is 70.7 Å². The molecule has 9 heteroatoms. The number of nitrogens with zero attached hydrogens (tertiary/aromatic N) is 5. The topological polar surface area (TPSA) is 101 Å². The molecule has 0 bridgehead atoms. The smallest absolute Gasteiger partial charge is 0.313 e. The molecule has 2 aliphatic rings. The predicted molar refractivity (Wildman–Crippen MR) is 144 cm³/mol. The van der Waals surface area contributed by atoms with E-state index in [0.29, 0.717) is 5.82 Å². The summed E-state index contributed by atoms with van der Waals surface area (Å²) in [5, 5.41) is 12.1. The van der Waals surface area contributed by atoms with Crippen LogP contribution in [0, 0.1) is 5.41 Å². The summed E-state index contributed by atoms with van der Waals surface area (Å²) >= 11 is 0. The summed E-state index contributed by atoms with van der Waals surface area (Å²) in [5.41, 5.74) is 4.85. The van der Waals surface area contributed by atoms with Gasteiger partial charge in [0, 0.05) is 28.7 Å². The maximum absolute atomic E-state index is 12.3. The first-order valence-corrected chi connectivity index (χ1v) is 12.8. The molecule has 0 fully saturated rings. The van der Waals surface area contributed by atoms with Gasteiger partial charge in [-0.25, -0.2) is 0 Å². The number of tetrazole rings is 1. The summed E-state index contributed by atoms with van der Waals surface area (Å²) < 4.78 is 19.0. The average Bonchev–Trinajstić information content (AvgIpc) is 3.43. The van der Waals surface area contributed by atoms with Crippen molar-refractivity contribution in [3.63, 3.8) is 0 Å². The van der Waals surface area contributed by atoms with E-state index in [0.717, 1.165) is 52.3 Å². The molecule has 0 amide bonds. The monoisotopic (exact) mass is 517 g/mol. The van der Waals surface area contributed by atoms with Crippen LogP contribution in [0.5, 0.6) is 11.5 Å². The lowest BCUT2D eigenvalue weighted by molar-refractivity contribution is -0.157. The number of carbonyl (C=O) groups excluding carboxylic acids is 1. The number of rotatable bonds is 5. The average molecular weight is 518 g/mol. The van der Waals surface area contributed by atoms with E-state index in [1.165, 1.54) is 10.2 Å². The van der Waals surface area contributed by atoms with Gasteiger partial charge in [0.25, 0.3) is 0 Å². The standard InChI is InChI=1S/C29H35N5O4/c1-27(2,3)26(35)37-16-34-25(31-32-33-34)18-11-9-10-17(12-18)23-22-19(14-28(4,5)30-23)13-21(36-8)24-20(22)15-29(6,7)38-24/h9-13H,14-16H2,1-8H3. The maximum Gasteiger partial charge on any atom is 0.313 e. The maximum atomic E-state index is 12.3. The van der Waals surface area contributed by atoms with Crippen molar-refractivity contribution >= 4 is 11.7 Å².